The number of fused-ring (bicyclic) bond motifs is 1. The van der Waals surface area contributed by atoms with E-state index in [0.717, 1.165) is 5.56 Å². The molecule has 108 valence electrons. The Labute approximate surface area is 136 Å². The third kappa shape index (κ3) is 2.59. The van der Waals surface area contributed by atoms with Gasteiger partial charge in [0.25, 0.3) is 0 Å². The fraction of sp³-hybridized carbons (Fsp3) is 0.133. The van der Waals surface area contributed by atoms with Gasteiger partial charge in [-0.05, 0) is 42.9 Å². The van der Waals surface area contributed by atoms with Crippen molar-refractivity contribution in [2.45, 2.75) is 13.0 Å². The number of halogens is 3. The van der Waals surface area contributed by atoms with Crippen molar-refractivity contribution < 1.29 is 4.39 Å². The Morgan fingerprint density at radius 1 is 1.19 bits per heavy atom. The summed E-state index contributed by atoms with van der Waals surface area (Å²) in [5.74, 6) is -0.463. The van der Waals surface area contributed by atoms with Crippen molar-refractivity contribution >= 4 is 46.5 Å². The highest BCUT2D eigenvalue weighted by atomic mass is 35.5. The lowest BCUT2D eigenvalue weighted by atomic mass is 10.1. The van der Waals surface area contributed by atoms with Crippen LogP contribution in [0.5, 0.6) is 0 Å². The molecule has 3 aromatic rings. The second kappa shape index (κ2) is 5.44. The van der Waals surface area contributed by atoms with E-state index < -0.39 is 5.82 Å². The first kappa shape index (κ1) is 14.6. The van der Waals surface area contributed by atoms with Gasteiger partial charge < -0.3 is 9.55 Å². The van der Waals surface area contributed by atoms with E-state index in [2.05, 4.69) is 4.98 Å². The van der Waals surface area contributed by atoms with E-state index in [9.17, 15) is 4.39 Å². The molecule has 1 atom stereocenters. The minimum Gasteiger partial charge on any atom is -0.331 e. The molecule has 0 amide bonds. The molecule has 1 N–H and O–H groups in total. The van der Waals surface area contributed by atoms with Gasteiger partial charge in [0.2, 0.25) is 0 Å². The zero-order valence-electron chi connectivity index (χ0n) is 11.0. The molecule has 0 aliphatic heterocycles. The van der Waals surface area contributed by atoms with Gasteiger partial charge in [0, 0.05) is 11.1 Å². The number of nitrogens with one attached hydrogen (secondary N) is 1. The smallest absolute Gasteiger partial charge is 0.178 e. The van der Waals surface area contributed by atoms with Gasteiger partial charge >= 0.3 is 0 Å². The van der Waals surface area contributed by atoms with Crippen molar-refractivity contribution in [3.63, 3.8) is 0 Å². The third-order valence-electron chi connectivity index (χ3n) is 3.50. The van der Waals surface area contributed by atoms with Crippen LogP contribution in [0.3, 0.4) is 0 Å². The summed E-state index contributed by atoms with van der Waals surface area (Å²) >= 11 is 17.1. The minimum atomic E-state index is -0.463. The summed E-state index contributed by atoms with van der Waals surface area (Å²) in [5, 5.41) is 0.747. The molecular formula is C15H11Cl2FN2S. The molecule has 0 fully saturated rings. The van der Waals surface area contributed by atoms with Gasteiger partial charge in [0.05, 0.1) is 22.1 Å². The number of aromatic amines is 1. The number of hydrogen-bond donors (Lipinski definition) is 1. The number of imidazole rings is 1. The predicted molar refractivity (Wildman–Crippen MR) is 87.4 cm³/mol. The van der Waals surface area contributed by atoms with Crippen LogP contribution in [-0.4, -0.2) is 9.55 Å². The predicted octanol–water partition coefficient (Wildman–Crippen LogP) is 5.75. The number of H-pyrrole nitrogens is 1. The van der Waals surface area contributed by atoms with Crippen LogP contribution >= 0.6 is 35.4 Å². The van der Waals surface area contributed by atoms with Gasteiger partial charge in [0.15, 0.2) is 4.77 Å². The molecule has 3 rings (SSSR count). The highest BCUT2D eigenvalue weighted by molar-refractivity contribution is 7.71. The Bertz CT molecular complexity index is 868. The van der Waals surface area contributed by atoms with E-state index in [1.54, 1.807) is 6.07 Å². The van der Waals surface area contributed by atoms with Gasteiger partial charge in [-0.15, -0.1) is 0 Å². The summed E-state index contributed by atoms with van der Waals surface area (Å²) in [6.45, 7) is 2.00. The molecule has 21 heavy (non-hydrogen) atoms. The van der Waals surface area contributed by atoms with Crippen LogP contribution in [0.4, 0.5) is 4.39 Å². The molecule has 1 unspecified atom stereocenters. The van der Waals surface area contributed by atoms with Crippen molar-refractivity contribution in [1.29, 1.82) is 0 Å². The van der Waals surface area contributed by atoms with E-state index in [1.807, 2.05) is 35.8 Å². The SMILES string of the molecule is CC(c1ccc(Cl)cc1)n1c(=S)[nH]c2cc(Cl)c(F)cc21. The molecule has 0 aliphatic carbocycles. The standard InChI is InChI=1S/C15H11Cl2FN2S/c1-8(9-2-4-10(16)5-3-9)20-14-7-12(18)11(17)6-13(14)19-15(20)21/h2-8H,1H3,(H,19,21). The first-order valence-electron chi connectivity index (χ1n) is 6.32. The molecule has 0 saturated carbocycles. The number of aromatic nitrogens is 2. The van der Waals surface area contributed by atoms with Crippen molar-refractivity contribution in [2.75, 3.05) is 0 Å². The van der Waals surface area contributed by atoms with Crippen molar-refractivity contribution in [3.05, 3.63) is 62.6 Å². The molecule has 0 bridgehead atoms. The van der Waals surface area contributed by atoms with E-state index in [-0.39, 0.29) is 11.1 Å². The zero-order chi connectivity index (χ0) is 15.1. The summed E-state index contributed by atoms with van der Waals surface area (Å²) in [7, 11) is 0. The van der Waals surface area contributed by atoms with E-state index in [1.165, 1.54) is 6.07 Å². The normalized spacial score (nSPS) is 12.8. The molecule has 2 nitrogen and oxygen atoms in total. The van der Waals surface area contributed by atoms with Crippen LogP contribution in [0, 0.1) is 10.6 Å². The molecule has 0 saturated heterocycles. The maximum Gasteiger partial charge on any atom is 0.178 e. The summed E-state index contributed by atoms with van der Waals surface area (Å²) in [4.78, 5) is 3.06. The van der Waals surface area contributed by atoms with Crippen LogP contribution in [0.15, 0.2) is 36.4 Å². The maximum absolute atomic E-state index is 13.7. The van der Waals surface area contributed by atoms with Crippen LogP contribution in [0.2, 0.25) is 10.0 Å². The molecule has 2 aromatic carbocycles. The fourth-order valence-electron chi connectivity index (χ4n) is 2.40. The van der Waals surface area contributed by atoms with Crippen molar-refractivity contribution in [1.82, 2.24) is 9.55 Å². The summed E-state index contributed by atoms with van der Waals surface area (Å²) < 4.78 is 16.1. The Kier molecular flexibility index (Phi) is 3.78. The fourth-order valence-corrected chi connectivity index (χ4v) is 3.05. The van der Waals surface area contributed by atoms with Gasteiger partial charge in [-0.2, -0.15) is 0 Å². The molecule has 0 radical (unpaired) electrons. The van der Waals surface area contributed by atoms with Crippen LogP contribution < -0.4 is 0 Å². The Hall–Kier alpha value is -1.36. The van der Waals surface area contributed by atoms with Gasteiger partial charge in [-0.1, -0.05) is 35.3 Å². The second-order valence-electron chi connectivity index (χ2n) is 4.81. The Balaban J connectivity index is 2.19. The summed E-state index contributed by atoms with van der Waals surface area (Å²) in [5.41, 5.74) is 2.43. The lowest BCUT2D eigenvalue weighted by Crippen LogP contribution is -2.06. The average Bonchev–Trinajstić information content (AvgIpc) is 2.75. The first-order chi connectivity index (χ1) is 9.97. The van der Waals surface area contributed by atoms with Crippen molar-refractivity contribution in [3.8, 4) is 0 Å². The lowest BCUT2D eigenvalue weighted by Gasteiger charge is -2.15. The Morgan fingerprint density at radius 3 is 2.52 bits per heavy atom. The number of rotatable bonds is 2. The molecule has 6 heteroatoms. The van der Waals surface area contributed by atoms with Gasteiger partial charge in [-0.25, -0.2) is 4.39 Å². The molecule has 1 heterocycles. The molecular weight excluding hydrogens is 330 g/mol. The van der Waals surface area contributed by atoms with E-state index in [4.69, 9.17) is 35.4 Å². The topological polar surface area (TPSA) is 20.7 Å². The van der Waals surface area contributed by atoms with Crippen molar-refractivity contribution in [2.24, 2.45) is 0 Å². The minimum absolute atomic E-state index is 0.0518. The summed E-state index contributed by atoms with van der Waals surface area (Å²) in [6, 6.07) is 10.4. The van der Waals surface area contributed by atoms with Gasteiger partial charge in [-0.3, -0.25) is 0 Å². The number of nitrogens with zero attached hydrogens (tertiary/aromatic N) is 1. The second-order valence-corrected chi connectivity index (χ2v) is 6.04. The number of benzene rings is 2. The average molecular weight is 341 g/mol. The molecule has 0 aliphatic rings. The number of hydrogen-bond acceptors (Lipinski definition) is 1. The first-order valence-corrected chi connectivity index (χ1v) is 7.48. The largest absolute Gasteiger partial charge is 0.331 e. The van der Waals surface area contributed by atoms with Crippen LogP contribution in [0.25, 0.3) is 11.0 Å². The molecule has 0 spiro atoms. The highest BCUT2D eigenvalue weighted by Gasteiger charge is 2.15. The zero-order valence-corrected chi connectivity index (χ0v) is 13.4. The summed E-state index contributed by atoms with van der Waals surface area (Å²) in [6.07, 6.45) is 0. The lowest BCUT2D eigenvalue weighted by molar-refractivity contribution is 0.622. The Morgan fingerprint density at radius 2 is 1.86 bits per heavy atom. The monoisotopic (exact) mass is 340 g/mol. The molecule has 1 aromatic heterocycles. The highest BCUT2D eigenvalue weighted by Crippen LogP contribution is 2.28. The van der Waals surface area contributed by atoms with E-state index >= 15 is 0 Å². The van der Waals surface area contributed by atoms with Crippen LogP contribution in [-0.2, 0) is 0 Å². The maximum atomic E-state index is 13.7. The van der Waals surface area contributed by atoms with Crippen LogP contribution in [0.1, 0.15) is 18.5 Å². The quantitative estimate of drug-likeness (QED) is 0.588. The van der Waals surface area contributed by atoms with E-state index in [0.29, 0.717) is 20.8 Å². The third-order valence-corrected chi connectivity index (χ3v) is 4.34. The van der Waals surface area contributed by atoms with Gasteiger partial charge in [0.1, 0.15) is 5.82 Å².